The van der Waals surface area contributed by atoms with Crippen LogP contribution in [0.15, 0.2) is 18.3 Å². The second-order valence-electron chi connectivity index (χ2n) is 4.95. The highest BCUT2D eigenvalue weighted by Gasteiger charge is 2.28. The van der Waals surface area contributed by atoms with Crippen molar-refractivity contribution in [2.45, 2.75) is 13.0 Å². The minimum atomic E-state index is -2.78. The molecule has 1 saturated heterocycles. The minimum absolute atomic E-state index is 0.264. The van der Waals surface area contributed by atoms with Crippen molar-refractivity contribution >= 4 is 21.4 Å². The molecule has 0 aliphatic carbocycles. The van der Waals surface area contributed by atoms with Crippen molar-refractivity contribution in [3.63, 3.8) is 0 Å². The van der Waals surface area contributed by atoms with Gasteiger partial charge >= 0.3 is 0 Å². The lowest BCUT2D eigenvalue weighted by molar-refractivity contribution is 0.281. The number of pyridine rings is 1. The van der Waals surface area contributed by atoms with Gasteiger partial charge in [0.1, 0.15) is 5.15 Å². The second-order valence-corrected chi connectivity index (χ2v) is 7.57. The predicted molar refractivity (Wildman–Crippen MR) is 72.3 cm³/mol. The smallest absolute Gasteiger partial charge is 0.150 e. The van der Waals surface area contributed by atoms with Gasteiger partial charge in [-0.3, -0.25) is 0 Å². The molecule has 0 aromatic carbocycles. The number of nitrogens with zero attached hydrogens (tertiary/aromatic N) is 2. The lowest BCUT2D eigenvalue weighted by Crippen LogP contribution is -2.26. The molecule has 100 valence electrons. The van der Waals surface area contributed by atoms with Gasteiger partial charge in [0.05, 0.1) is 11.5 Å². The van der Waals surface area contributed by atoms with Crippen LogP contribution in [0.2, 0.25) is 5.15 Å². The average molecular weight is 289 g/mol. The molecule has 0 amide bonds. The third kappa shape index (κ3) is 3.93. The van der Waals surface area contributed by atoms with Crippen molar-refractivity contribution in [3.05, 3.63) is 29.0 Å². The van der Waals surface area contributed by atoms with Gasteiger partial charge in [-0.05, 0) is 31.0 Å². The van der Waals surface area contributed by atoms with E-state index in [4.69, 9.17) is 11.6 Å². The molecule has 6 heteroatoms. The van der Waals surface area contributed by atoms with Crippen LogP contribution >= 0.6 is 11.6 Å². The van der Waals surface area contributed by atoms with E-state index in [0.717, 1.165) is 25.1 Å². The zero-order valence-electron chi connectivity index (χ0n) is 10.3. The molecule has 0 bridgehead atoms. The normalized spacial score (nSPS) is 22.5. The van der Waals surface area contributed by atoms with Crippen molar-refractivity contribution < 1.29 is 8.42 Å². The summed E-state index contributed by atoms with van der Waals surface area (Å²) >= 11 is 5.73. The molecule has 1 aliphatic heterocycles. The molecule has 4 nitrogen and oxygen atoms in total. The molecule has 0 saturated carbocycles. The summed E-state index contributed by atoms with van der Waals surface area (Å²) in [5, 5.41) is 0.489. The van der Waals surface area contributed by atoms with Crippen LogP contribution in [-0.2, 0) is 16.4 Å². The monoisotopic (exact) mass is 288 g/mol. The molecule has 1 fully saturated rings. The molecule has 1 aromatic rings. The Labute approximate surface area is 113 Å². The van der Waals surface area contributed by atoms with Crippen LogP contribution in [0.4, 0.5) is 0 Å². The first-order chi connectivity index (χ1) is 8.44. The number of sulfone groups is 1. The minimum Gasteiger partial charge on any atom is -0.302 e. The SMILES string of the molecule is CN(Cc1ccc(Cl)nc1)C[C@H]1CCS(=O)(=O)C1. The van der Waals surface area contributed by atoms with Gasteiger partial charge in [0.15, 0.2) is 9.84 Å². The van der Waals surface area contributed by atoms with Gasteiger partial charge < -0.3 is 4.90 Å². The fourth-order valence-electron chi connectivity index (χ4n) is 2.33. The van der Waals surface area contributed by atoms with Gasteiger partial charge in [0, 0.05) is 19.3 Å². The summed E-state index contributed by atoms with van der Waals surface area (Å²) in [6, 6.07) is 3.71. The van der Waals surface area contributed by atoms with Gasteiger partial charge in [0.2, 0.25) is 0 Å². The molecule has 18 heavy (non-hydrogen) atoms. The van der Waals surface area contributed by atoms with Crippen LogP contribution in [0.5, 0.6) is 0 Å². The number of hydrogen-bond acceptors (Lipinski definition) is 4. The zero-order chi connectivity index (χ0) is 13.2. The first kappa shape index (κ1) is 13.8. The van der Waals surface area contributed by atoms with Crippen LogP contribution in [0.25, 0.3) is 0 Å². The maximum absolute atomic E-state index is 11.4. The van der Waals surface area contributed by atoms with E-state index < -0.39 is 9.84 Å². The Balaban J connectivity index is 1.86. The fraction of sp³-hybridized carbons (Fsp3) is 0.583. The summed E-state index contributed by atoms with van der Waals surface area (Å²) in [6.45, 7) is 1.57. The van der Waals surface area contributed by atoms with E-state index in [9.17, 15) is 8.42 Å². The molecule has 1 atom stereocenters. The van der Waals surface area contributed by atoms with Crippen molar-refractivity contribution in [3.8, 4) is 0 Å². The Kier molecular flexibility index (Phi) is 4.25. The number of aromatic nitrogens is 1. The Bertz CT molecular complexity index is 501. The average Bonchev–Trinajstić information content (AvgIpc) is 2.61. The standard InChI is InChI=1S/C12H17ClN2O2S/c1-15(7-10-2-3-12(13)14-6-10)8-11-4-5-18(16,17)9-11/h2-3,6,11H,4-5,7-9H2,1H3/t11-/m1/s1. The quantitative estimate of drug-likeness (QED) is 0.790. The van der Waals surface area contributed by atoms with Crippen molar-refractivity contribution in [2.24, 2.45) is 5.92 Å². The third-order valence-electron chi connectivity index (χ3n) is 3.14. The molecule has 2 rings (SSSR count). The number of halogens is 1. The summed E-state index contributed by atoms with van der Waals surface area (Å²) < 4.78 is 22.8. The highest BCUT2D eigenvalue weighted by molar-refractivity contribution is 7.91. The molecule has 0 spiro atoms. The number of hydrogen-bond donors (Lipinski definition) is 0. The molecular formula is C12H17ClN2O2S. The van der Waals surface area contributed by atoms with Crippen LogP contribution in [0, 0.1) is 5.92 Å². The first-order valence-corrected chi connectivity index (χ1v) is 8.14. The fourth-order valence-corrected chi connectivity index (χ4v) is 4.29. The van der Waals surface area contributed by atoms with Gasteiger partial charge in [-0.25, -0.2) is 13.4 Å². The number of rotatable bonds is 4. The molecule has 0 radical (unpaired) electrons. The van der Waals surface area contributed by atoms with E-state index in [1.807, 2.05) is 13.1 Å². The molecule has 0 unspecified atom stereocenters. The van der Waals surface area contributed by atoms with Crippen LogP contribution in [0.1, 0.15) is 12.0 Å². The Morgan fingerprint density at radius 2 is 2.28 bits per heavy atom. The Morgan fingerprint density at radius 1 is 1.50 bits per heavy atom. The molecule has 1 aliphatic rings. The summed E-state index contributed by atoms with van der Waals surface area (Å²) in [7, 11) is -0.776. The second kappa shape index (κ2) is 5.55. The summed E-state index contributed by atoms with van der Waals surface area (Å²) in [5.74, 6) is 0.935. The largest absolute Gasteiger partial charge is 0.302 e. The predicted octanol–water partition coefficient (Wildman–Crippen LogP) is 1.60. The summed E-state index contributed by atoms with van der Waals surface area (Å²) in [6.07, 6.45) is 2.54. The van der Waals surface area contributed by atoms with Gasteiger partial charge in [-0.2, -0.15) is 0 Å². The van der Waals surface area contributed by atoms with Crippen molar-refractivity contribution in [1.82, 2.24) is 9.88 Å². The van der Waals surface area contributed by atoms with Crippen molar-refractivity contribution in [2.75, 3.05) is 25.1 Å². The van der Waals surface area contributed by atoms with Gasteiger partial charge in [-0.15, -0.1) is 0 Å². The van der Waals surface area contributed by atoms with E-state index >= 15 is 0 Å². The zero-order valence-corrected chi connectivity index (χ0v) is 11.9. The van der Waals surface area contributed by atoms with E-state index in [1.165, 1.54) is 0 Å². The lowest BCUT2D eigenvalue weighted by atomic mass is 10.1. The lowest BCUT2D eigenvalue weighted by Gasteiger charge is -2.19. The van der Waals surface area contributed by atoms with E-state index in [-0.39, 0.29) is 5.92 Å². The Hall–Kier alpha value is -0.650. The van der Waals surface area contributed by atoms with Crippen LogP contribution in [-0.4, -0.2) is 43.4 Å². The molecular weight excluding hydrogens is 272 g/mol. The summed E-state index contributed by atoms with van der Waals surface area (Å²) in [5.41, 5.74) is 1.09. The van der Waals surface area contributed by atoms with Crippen molar-refractivity contribution in [1.29, 1.82) is 0 Å². The highest BCUT2D eigenvalue weighted by atomic mass is 35.5. The molecule has 2 heterocycles. The molecule has 0 N–H and O–H groups in total. The topological polar surface area (TPSA) is 50.3 Å². The first-order valence-electron chi connectivity index (χ1n) is 5.94. The maximum Gasteiger partial charge on any atom is 0.150 e. The van der Waals surface area contributed by atoms with E-state index in [1.54, 1.807) is 12.3 Å². The molecule has 1 aromatic heterocycles. The van der Waals surface area contributed by atoms with E-state index in [2.05, 4.69) is 9.88 Å². The highest BCUT2D eigenvalue weighted by Crippen LogP contribution is 2.19. The summed E-state index contributed by atoms with van der Waals surface area (Å²) in [4.78, 5) is 6.17. The maximum atomic E-state index is 11.4. The third-order valence-corrected chi connectivity index (χ3v) is 5.20. The van der Waals surface area contributed by atoms with E-state index in [0.29, 0.717) is 16.7 Å². The Morgan fingerprint density at radius 3 is 2.83 bits per heavy atom. The van der Waals surface area contributed by atoms with Crippen LogP contribution in [0.3, 0.4) is 0 Å². The van der Waals surface area contributed by atoms with Crippen LogP contribution < -0.4 is 0 Å². The van der Waals surface area contributed by atoms with Gasteiger partial charge in [-0.1, -0.05) is 17.7 Å². The van der Waals surface area contributed by atoms with Gasteiger partial charge in [0.25, 0.3) is 0 Å².